The van der Waals surface area contributed by atoms with E-state index in [1.54, 1.807) is 12.1 Å². The summed E-state index contributed by atoms with van der Waals surface area (Å²) in [5, 5.41) is 25.0. The van der Waals surface area contributed by atoms with E-state index in [2.05, 4.69) is 20.2 Å². The molecule has 1 aromatic heterocycles. The van der Waals surface area contributed by atoms with Gasteiger partial charge in [-0.2, -0.15) is 9.97 Å². The van der Waals surface area contributed by atoms with E-state index in [-0.39, 0.29) is 54.3 Å². The molecule has 11 heteroatoms. The summed E-state index contributed by atoms with van der Waals surface area (Å²) in [6, 6.07) is 6.07. The average molecular weight is 566 g/mol. The first-order valence-electron chi connectivity index (χ1n) is 14.3. The molecule has 216 valence electrons. The lowest BCUT2D eigenvalue weighted by Gasteiger charge is -2.30. The number of ether oxygens (including phenoxy) is 1. The van der Waals surface area contributed by atoms with Crippen LogP contribution in [0.3, 0.4) is 0 Å². The summed E-state index contributed by atoms with van der Waals surface area (Å²) in [7, 11) is 0. The van der Waals surface area contributed by atoms with Crippen LogP contribution in [0.25, 0.3) is 10.8 Å². The Hall–Kier alpha value is -3.57. The second kappa shape index (κ2) is 9.49. The van der Waals surface area contributed by atoms with Gasteiger partial charge in [0.15, 0.2) is 0 Å². The number of aromatic hydroxyl groups is 1. The summed E-state index contributed by atoms with van der Waals surface area (Å²) in [5.74, 6) is -0.544. The number of carbonyl (C=O) groups excluding carboxylic acids is 1. The van der Waals surface area contributed by atoms with Crippen LogP contribution in [0.4, 0.5) is 20.3 Å². The molecule has 1 amide bonds. The number of hydrogen-bond donors (Lipinski definition) is 3. The maximum atomic E-state index is 14.9. The van der Waals surface area contributed by atoms with Crippen molar-refractivity contribution in [3.8, 4) is 11.8 Å². The molecule has 2 unspecified atom stereocenters. The molecule has 2 aromatic carbocycles. The lowest BCUT2D eigenvalue weighted by Crippen LogP contribution is -2.43. The van der Waals surface area contributed by atoms with E-state index in [1.165, 1.54) is 17.0 Å². The van der Waals surface area contributed by atoms with Gasteiger partial charge >= 0.3 is 6.01 Å². The molecule has 0 radical (unpaired) electrons. The molecule has 2 atom stereocenters. The number of benzene rings is 2. The minimum absolute atomic E-state index is 0.0429. The minimum Gasteiger partial charge on any atom is -0.508 e. The number of halogens is 2. The van der Waals surface area contributed by atoms with Crippen molar-refractivity contribution in [3.05, 3.63) is 46.9 Å². The van der Waals surface area contributed by atoms with Crippen LogP contribution in [0.1, 0.15) is 60.6 Å². The zero-order chi connectivity index (χ0) is 28.5. The Morgan fingerprint density at radius 2 is 2.05 bits per heavy atom. The first-order valence-corrected chi connectivity index (χ1v) is 14.3. The average Bonchev–Trinajstić information content (AvgIpc) is 3.33. The molecule has 2 saturated heterocycles. The van der Waals surface area contributed by atoms with Crippen LogP contribution in [0, 0.1) is 5.82 Å². The Labute approximate surface area is 236 Å². The molecule has 0 bridgehead atoms. The van der Waals surface area contributed by atoms with Crippen LogP contribution in [0.2, 0.25) is 0 Å². The van der Waals surface area contributed by atoms with Crippen LogP contribution in [0.15, 0.2) is 24.3 Å². The quantitative estimate of drug-likeness (QED) is 0.375. The third-order valence-electron chi connectivity index (χ3n) is 9.28. The second-order valence-electron chi connectivity index (χ2n) is 11.9. The first-order chi connectivity index (χ1) is 19.7. The Morgan fingerprint density at radius 1 is 1.22 bits per heavy atom. The third-order valence-corrected chi connectivity index (χ3v) is 9.28. The van der Waals surface area contributed by atoms with Crippen LogP contribution in [-0.2, 0) is 13.0 Å². The smallest absolute Gasteiger partial charge is 0.318 e. The Bertz CT molecular complexity index is 1560. The monoisotopic (exact) mass is 565 g/mol. The fraction of sp³-hybridized carbons (Fsp3) is 0.500. The number of aromatic nitrogens is 2. The number of fused-ring (bicyclic) bond motifs is 3. The maximum Gasteiger partial charge on any atom is 0.318 e. The number of rotatable bonds is 8. The second-order valence-corrected chi connectivity index (χ2v) is 11.9. The summed E-state index contributed by atoms with van der Waals surface area (Å²) >= 11 is 0. The summed E-state index contributed by atoms with van der Waals surface area (Å²) < 4.78 is 35.3. The zero-order valence-electron chi connectivity index (χ0n) is 22.9. The number of aliphatic hydroxyl groups is 1. The molecule has 1 saturated carbocycles. The Kier molecular flexibility index (Phi) is 6.09. The van der Waals surface area contributed by atoms with Crippen molar-refractivity contribution >= 4 is 28.2 Å². The number of phenols is 1. The van der Waals surface area contributed by atoms with Gasteiger partial charge in [-0.25, -0.2) is 8.78 Å². The molecule has 41 heavy (non-hydrogen) atoms. The number of hydrogen-bond acceptors (Lipinski definition) is 8. The zero-order valence-corrected chi connectivity index (χ0v) is 22.9. The van der Waals surface area contributed by atoms with Gasteiger partial charge < -0.3 is 25.2 Å². The lowest BCUT2D eigenvalue weighted by molar-refractivity contribution is 0.0996. The highest BCUT2D eigenvalue weighted by molar-refractivity contribution is 6.16. The largest absolute Gasteiger partial charge is 0.508 e. The van der Waals surface area contributed by atoms with E-state index in [4.69, 9.17) is 4.74 Å². The van der Waals surface area contributed by atoms with Gasteiger partial charge in [-0.1, -0.05) is 13.0 Å². The van der Waals surface area contributed by atoms with Gasteiger partial charge in [-0.05, 0) is 61.7 Å². The molecule has 3 aliphatic heterocycles. The summed E-state index contributed by atoms with van der Waals surface area (Å²) in [6.07, 6.45) is 3.18. The fourth-order valence-corrected chi connectivity index (χ4v) is 6.94. The van der Waals surface area contributed by atoms with Gasteiger partial charge in [-0.15, -0.1) is 0 Å². The highest BCUT2D eigenvalue weighted by atomic mass is 19.1. The highest BCUT2D eigenvalue weighted by Crippen LogP contribution is 2.44. The topological polar surface area (TPSA) is 111 Å². The van der Waals surface area contributed by atoms with Crippen molar-refractivity contribution in [1.82, 2.24) is 14.9 Å². The lowest BCUT2D eigenvalue weighted by atomic mass is 9.95. The predicted molar refractivity (Wildman–Crippen MR) is 149 cm³/mol. The van der Waals surface area contributed by atoms with Crippen LogP contribution in [-0.4, -0.2) is 74.5 Å². The van der Waals surface area contributed by atoms with Gasteiger partial charge in [0.1, 0.15) is 35.7 Å². The molecule has 7 rings (SSSR count). The number of alkyl halides is 1. The molecule has 4 heterocycles. The van der Waals surface area contributed by atoms with Gasteiger partial charge in [0.2, 0.25) is 0 Å². The summed E-state index contributed by atoms with van der Waals surface area (Å²) in [6.45, 7) is 3.27. The van der Waals surface area contributed by atoms with Crippen molar-refractivity contribution < 1.29 is 28.5 Å². The van der Waals surface area contributed by atoms with Crippen molar-refractivity contribution in [1.29, 1.82) is 0 Å². The maximum absolute atomic E-state index is 14.9. The number of carbonyl (C=O) groups is 1. The van der Waals surface area contributed by atoms with Crippen LogP contribution < -0.4 is 15.0 Å². The number of anilines is 2. The van der Waals surface area contributed by atoms with E-state index in [0.717, 1.165) is 32.2 Å². The van der Waals surface area contributed by atoms with Crippen LogP contribution >= 0.6 is 0 Å². The third kappa shape index (κ3) is 4.28. The molecule has 3 N–H and O–H groups in total. The molecular weight excluding hydrogens is 532 g/mol. The first kappa shape index (κ1) is 26.3. The van der Waals surface area contributed by atoms with Gasteiger partial charge in [0.05, 0.1) is 35.6 Å². The van der Waals surface area contributed by atoms with E-state index in [0.29, 0.717) is 47.1 Å². The molecule has 9 nitrogen and oxygen atoms in total. The number of amides is 1. The number of nitrogens with zero attached hydrogens (tertiary/aromatic N) is 4. The summed E-state index contributed by atoms with van der Waals surface area (Å²) in [5.41, 5.74) is 0.566. The molecule has 4 aliphatic rings. The van der Waals surface area contributed by atoms with E-state index < -0.39 is 17.6 Å². The molecule has 1 aliphatic carbocycles. The minimum atomic E-state index is -0.891. The summed E-state index contributed by atoms with van der Waals surface area (Å²) in [4.78, 5) is 26.8. The van der Waals surface area contributed by atoms with Crippen molar-refractivity contribution in [2.24, 2.45) is 0 Å². The SMILES string of the molecule is CCc1c(F)ccc2cc(O)cc(N3Cc4nc(OCC56CCCN5CC(F)C6)nc(NC5(CO)CC5)c4C3=O)c12. The number of aryl methyl sites for hydroxylation is 1. The Balaban J connectivity index is 1.28. The van der Waals surface area contributed by atoms with Crippen LogP contribution in [0.5, 0.6) is 11.8 Å². The molecular formula is C30H33F2N5O4. The normalized spacial score (nSPS) is 24.6. The van der Waals surface area contributed by atoms with Gasteiger partial charge in [-0.3, -0.25) is 9.69 Å². The standard InChI is InChI=1S/C30H33F2N5O4/c1-2-20-21(32)5-4-17-10-19(39)11-23(24(17)20)37-14-22-25(27(37)40)26(35-29(15-38)7-8-29)34-28(33-22)41-16-30-6-3-9-36(30)13-18(31)12-30/h4-5,10-11,18,38-39H,2-3,6-9,12-16H2,1H3,(H,33,34,35). The van der Waals surface area contributed by atoms with Crippen molar-refractivity contribution in [3.63, 3.8) is 0 Å². The van der Waals surface area contributed by atoms with Crippen molar-refractivity contribution in [2.75, 3.05) is 36.5 Å². The molecule has 3 fully saturated rings. The molecule has 3 aromatic rings. The van der Waals surface area contributed by atoms with Gasteiger partial charge in [0, 0.05) is 24.4 Å². The Morgan fingerprint density at radius 3 is 2.80 bits per heavy atom. The fourth-order valence-electron chi connectivity index (χ4n) is 6.94. The number of aliphatic hydroxyl groups excluding tert-OH is 1. The number of nitrogens with one attached hydrogen (secondary N) is 1. The highest BCUT2D eigenvalue weighted by Gasteiger charge is 2.50. The van der Waals surface area contributed by atoms with E-state index >= 15 is 0 Å². The number of phenolic OH excluding ortho intramolecular Hbond substituents is 1. The van der Waals surface area contributed by atoms with E-state index in [9.17, 15) is 23.8 Å². The van der Waals surface area contributed by atoms with Gasteiger partial charge in [0.25, 0.3) is 5.91 Å². The van der Waals surface area contributed by atoms with E-state index in [1.807, 2.05) is 6.92 Å². The predicted octanol–water partition coefficient (Wildman–Crippen LogP) is 4.09. The molecule has 0 spiro atoms. The van der Waals surface area contributed by atoms with Crippen molar-refractivity contribution in [2.45, 2.75) is 69.2 Å².